The predicted molar refractivity (Wildman–Crippen MR) is 31.6 cm³/mol. The summed E-state index contributed by atoms with van der Waals surface area (Å²) in [6.07, 6.45) is 0. The molecule has 0 aromatic rings. The van der Waals surface area contributed by atoms with Gasteiger partial charge in [-0.05, 0) is 0 Å². The van der Waals surface area contributed by atoms with Crippen molar-refractivity contribution in [1.82, 2.24) is 0 Å². The molecule has 38 valence electrons. The molecule has 0 aliphatic heterocycles. The molecule has 0 aliphatic rings. The zero-order valence-corrected chi connectivity index (χ0v) is 5.88. The van der Waals surface area contributed by atoms with Crippen LogP contribution < -0.4 is 0 Å². The standard InChI is InChI=1S/C3H9ClOP/c1-5-6(2,3)4/h1-3H3/q+1. The van der Waals surface area contributed by atoms with E-state index >= 15 is 0 Å². The van der Waals surface area contributed by atoms with Crippen LogP contribution in [0.15, 0.2) is 0 Å². The number of rotatable bonds is 1. The van der Waals surface area contributed by atoms with E-state index in [9.17, 15) is 0 Å². The molecule has 0 heterocycles. The first kappa shape index (κ1) is 6.68. The van der Waals surface area contributed by atoms with E-state index in [4.69, 9.17) is 15.8 Å². The van der Waals surface area contributed by atoms with Crippen molar-refractivity contribution in [3.63, 3.8) is 0 Å². The van der Waals surface area contributed by atoms with Crippen molar-refractivity contribution < 1.29 is 4.52 Å². The first-order valence-electron chi connectivity index (χ1n) is 1.65. The molecule has 0 radical (unpaired) electrons. The van der Waals surface area contributed by atoms with E-state index in [2.05, 4.69) is 0 Å². The smallest absolute Gasteiger partial charge is 0.223 e. The zero-order valence-electron chi connectivity index (χ0n) is 4.23. The molecular weight excluding hydrogens is 118 g/mol. The molecule has 0 fully saturated rings. The Morgan fingerprint density at radius 2 is 1.67 bits per heavy atom. The van der Waals surface area contributed by atoms with Gasteiger partial charge in [0.15, 0.2) is 0 Å². The molecule has 0 rings (SSSR count). The highest BCUT2D eigenvalue weighted by Gasteiger charge is 2.19. The van der Waals surface area contributed by atoms with E-state index in [0.717, 1.165) is 0 Å². The summed E-state index contributed by atoms with van der Waals surface area (Å²) in [5, 5.41) is 0. The zero-order chi connectivity index (χ0) is 5.21. The molecule has 0 saturated heterocycles. The van der Waals surface area contributed by atoms with E-state index in [1.54, 1.807) is 7.11 Å². The van der Waals surface area contributed by atoms with Gasteiger partial charge in [-0.1, -0.05) is 0 Å². The maximum Gasteiger partial charge on any atom is 0.237 e. The molecule has 0 bridgehead atoms. The third-order valence-electron chi connectivity index (χ3n) is 0.434. The van der Waals surface area contributed by atoms with Crippen molar-refractivity contribution in [3.8, 4) is 0 Å². The molecule has 0 aromatic carbocycles. The maximum absolute atomic E-state index is 5.61. The molecule has 1 nitrogen and oxygen atoms in total. The van der Waals surface area contributed by atoms with Crippen LogP contribution in [0.25, 0.3) is 0 Å². The average Bonchev–Trinajstić information content (AvgIpc) is 1.35. The fourth-order valence-corrected chi connectivity index (χ4v) is 0. The van der Waals surface area contributed by atoms with Crippen LogP contribution in [-0.2, 0) is 4.52 Å². The number of hydrogen-bond acceptors (Lipinski definition) is 1. The molecule has 0 atom stereocenters. The van der Waals surface area contributed by atoms with Crippen LogP contribution in [0, 0.1) is 0 Å². The lowest BCUT2D eigenvalue weighted by Crippen LogP contribution is -1.77. The highest BCUT2D eigenvalue weighted by molar-refractivity contribution is 7.94. The van der Waals surface area contributed by atoms with Crippen LogP contribution in [0.3, 0.4) is 0 Å². The van der Waals surface area contributed by atoms with Crippen molar-refractivity contribution in [2.24, 2.45) is 0 Å². The quantitative estimate of drug-likeness (QED) is 0.490. The van der Waals surface area contributed by atoms with Gasteiger partial charge in [0.25, 0.3) is 0 Å². The third-order valence-corrected chi connectivity index (χ3v) is 1.72. The van der Waals surface area contributed by atoms with Crippen LogP contribution in [0.2, 0.25) is 0 Å². The Balaban J connectivity index is 3.17. The first-order chi connectivity index (χ1) is 2.56. The van der Waals surface area contributed by atoms with E-state index in [0.29, 0.717) is 0 Å². The Morgan fingerprint density at radius 3 is 1.67 bits per heavy atom. The third kappa shape index (κ3) is 4.68. The molecule has 3 heteroatoms. The van der Waals surface area contributed by atoms with Gasteiger partial charge in [-0.25, -0.2) is 4.52 Å². The summed E-state index contributed by atoms with van der Waals surface area (Å²) >= 11 is 5.61. The van der Waals surface area contributed by atoms with Crippen molar-refractivity contribution in [1.29, 1.82) is 0 Å². The van der Waals surface area contributed by atoms with Gasteiger partial charge in [0.1, 0.15) is 11.2 Å². The second kappa shape index (κ2) is 2.11. The molecule has 0 spiro atoms. The predicted octanol–water partition coefficient (Wildman–Crippen LogP) is 1.98. The van der Waals surface area contributed by atoms with Gasteiger partial charge in [0.05, 0.1) is 20.4 Å². The summed E-state index contributed by atoms with van der Waals surface area (Å²) in [5.41, 5.74) is 0. The second-order valence-corrected chi connectivity index (χ2v) is 6.65. The van der Waals surface area contributed by atoms with E-state index in [1.165, 1.54) is 0 Å². The summed E-state index contributed by atoms with van der Waals surface area (Å²) < 4.78 is 4.81. The fourth-order valence-electron chi connectivity index (χ4n) is 0. The molecule has 0 unspecified atom stereocenters. The minimum Gasteiger partial charge on any atom is -0.223 e. The Kier molecular flexibility index (Phi) is 2.35. The van der Waals surface area contributed by atoms with E-state index < -0.39 is 6.84 Å². The lowest BCUT2D eigenvalue weighted by atomic mass is 11.8. The highest BCUT2D eigenvalue weighted by atomic mass is 35.7. The van der Waals surface area contributed by atoms with Gasteiger partial charge in [-0.3, -0.25) is 0 Å². The monoisotopic (exact) mass is 127 g/mol. The van der Waals surface area contributed by atoms with Gasteiger partial charge in [-0.15, -0.1) is 0 Å². The minimum atomic E-state index is -1.42. The molecule has 0 saturated carbocycles. The summed E-state index contributed by atoms with van der Waals surface area (Å²) in [4.78, 5) is 0. The molecule has 0 amide bonds. The van der Waals surface area contributed by atoms with Crippen molar-refractivity contribution in [3.05, 3.63) is 0 Å². The van der Waals surface area contributed by atoms with Gasteiger partial charge in [0, 0.05) is 0 Å². The fraction of sp³-hybridized carbons (Fsp3) is 1.00. The molecule has 0 aromatic heterocycles. The second-order valence-electron chi connectivity index (χ2n) is 1.40. The summed E-state index contributed by atoms with van der Waals surface area (Å²) in [7, 11) is 1.63. The van der Waals surface area contributed by atoms with Crippen LogP contribution in [0.1, 0.15) is 0 Å². The van der Waals surface area contributed by atoms with Gasteiger partial charge in [0.2, 0.25) is 6.84 Å². The van der Waals surface area contributed by atoms with Gasteiger partial charge in [-0.2, -0.15) is 0 Å². The van der Waals surface area contributed by atoms with Gasteiger partial charge >= 0.3 is 0 Å². The van der Waals surface area contributed by atoms with Crippen LogP contribution in [-0.4, -0.2) is 20.4 Å². The topological polar surface area (TPSA) is 9.23 Å². The van der Waals surface area contributed by atoms with Crippen LogP contribution in [0.5, 0.6) is 0 Å². The summed E-state index contributed by atoms with van der Waals surface area (Å²) in [5.74, 6) is 0. The van der Waals surface area contributed by atoms with Crippen molar-refractivity contribution in [2.45, 2.75) is 0 Å². The summed E-state index contributed by atoms with van der Waals surface area (Å²) in [6.45, 7) is 2.37. The average molecular weight is 128 g/mol. The van der Waals surface area contributed by atoms with Crippen molar-refractivity contribution >= 4 is 18.1 Å². The molecule has 6 heavy (non-hydrogen) atoms. The van der Waals surface area contributed by atoms with E-state index in [1.807, 2.05) is 13.3 Å². The normalized spacial score (nSPS) is 12.0. The van der Waals surface area contributed by atoms with Crippen molar-refractivity contribution in [2.75, 3.05) is 20.4 Å². The maximum atomic E-state index is 5.61. The molecular formula is C3H9ClOP+. The highest BCUT2D eigenvalue weighted by Crippen LogP contribution is 2.56. The van der Waals surface area contributed by atoms with Crippen LogP contribution >= 0.6 is 18.1 Å². The van der Waals surface area contributed by atoms with Gasteiger partial charge < -0.3 is 0 Å². The largest absolute Gasteiger partial charge is 0.237 e. The minimum absolute atomic E-state index is 1.42. The van der Waals surface area contributed by atoms with E-state index in [-0.39, 0.29) is 0 Å². The van der Waals surface area contributed by atoms with Crippen LogP contribution in [0.4, 0.5) is 0 Å². The lowest BCUT2D eigenvalue weighted by Gasteiger charge is -1.98. The number of halogens is 1. The SMILES string of the molecule is CO[P+](C)(C)Cl. The summed E-state index contributed by atoms with van der Waals surface area (Å²) in [6, 6.07) is 0. The molecule has 0 aliphatic carbocycles. The Labute approximate surface area is 43.8 Å². The Bertz CT molecular complexity index is 40.5. The first-order valence-corrected chi connectivity index (χ1v) is 5.16. The Hall–Kier alpha value is 0.680. The lowest BCUT2D eigenvalue weighted by molar-refractivity contribution is 0.463. The molecule has 0 N–H and O–H groups in total. The Morgan fingerprint density at radius 1 is 1.50 bits per heavy atom. The number of hydrogen-bond donors (Lipinski definition) is 0.